The van der Waals surface area contributed by atoms with E-state index >= 15 is 0 Å². The maximum Gasteiger partial charge on any atom is 0.402 e. The van der Waals surface area contributed by atoms with Crippen molar-refractivity contribution in [2.75, 3.05) is 7.05 Å². The molecule has 1 aromatic carbocycles. The molecule has 0 aliphatic rings. The number of nitrogens with one attached hydrogen (secondary N) is 1. The van der Waals surface area contributed by atoms with E-state index in [1.165, 1.54) is 0 Å². The summed E-state index contributed by atoms with van der Waals surface area (Å²) in [7, 11) is 1.11. The first kappa shape index (κ1) is 17.8. The van der Waals surface area contributed by atoms with Crippen LogP contribution in [0.25, 0.3) is 0 Å². The van der Waals surface area contributed by atoms with Crippen LogP contribution in [0.15, 0.2) is 24.3 Å². The molecule has 0 radical (unpaired) electrons. The fourth-order valence-corrected chi connectivity index (χ4v) is 2.19. The van der Waals surface area contributed by atoms with E-state index in [1.807, 2.05) is 6.92 Å². The average molecular weight is 313 g/mol. The lowest BCUT2D eigenvalue weighted by molar-refractivity contribution is -0.291. The molecule has 0 saturated heterocycles. The van der Waals surface area contributed by atoms with Crippen LogP contribution in [0, 0.1) is 5.92 Å². The Bertz CT molecular complexity index is 420. The van der Waals surface area contributed by atoms with Crippen molar-refractivity contribution in [3.05, 3.63) is 35.4 Å². The average Bonchev–Trinajstić information content (AvgIpc) is 2.35. The lowest BCUT2D eigenvalue weighted by Gasteiger charge is -2.30. The van der Waals surface area contributed by atoms with Crippen molar-refractivity contribution in [3.63, 3.8) is 0 Å². The van der Waals surface area contributed by atoms with Gasteiger partial charge in [-0.25, -0.2) is 0 Å². The Balaban J connectivity index is 2.98. The first-order chi connectivity index (χ1) is 9.59. The molecule has 0 bridgehead atoms. The lowest BCUT2D eigenvalue weighted by atomic mass is 9.92. The van der Waals surface area contributed by atoms with Gasteiger partial charge in [0.05, 0.1) is 0 Å². The summed E-state index contributed by atoms with van der Waals surface area (Å²) in [6.07, 6.45) is -10.3. The third-order valence-electron chi connectivity index (χ3n) is 3.37. The molecule has 0 aromatic heterocycles. The Morgan fingerprint density at radius 2 is 1.33 bits per heavy atom. The van der Waals surface area contributed by atoms with Crippen LogP contribution in [0.5, 0.6) is 0 Å². The largest absolute Gasteiger partial charge is 0.402 e. The van der Waals surface area contributed by atoms with Gasteiger partial charge >= 0.3 is 12.4 Å². The van der Waals surface area contributed by atoms with Gasteiger partial charge in [-0.3, -0.25) is 0 Å². The smallest absolute Gasteiger partial charge is 0.316 e. The molecule has 1 N–H and O–H groups in total. The summed E-state index contributed by atoms with van der Waals surface area (Å²) in [5.41, 5.74) is 1.41. The molecule has 0 amide bonds. The van der Waals surface area contributed by atoms with E-state index in [2.05, 4.69) is 5.32 Å². The highest BCUT2D eigenvalue weighted by Gasteiger charge is 2.59. The number of benzene rings is 1. The van der Waals surface area contributed by atoms with Crippen molar-refractivity contribution in [1.82, 2.24) is 5.32 Å². The first-order valence-corrected chi connectivity index (χ1v) is 6.48. The fourth-order valence-electron chi connectivity index (χ4n) is 2.19. The molecule has 1 rings (SSSR count). The van der Waals surface area contributed by atoms with Crippen molar-refractivity contribution in [3.8, 4) is 0 Å². The second-order valence-electron chi connectivity index (χ2n) is 4.83. The van der Waals surface area contributed by atoms with Crippen LogP contribution in [-0.4, -0.2) is 25.4 Å². The van der Waals surface area contributed by atoms with Crippen LogP contribution in [-0.2, 0) is 12.8 Å². The third kappa shape index (κ3) is 4.91. The Morgan fingerprint density at radius 3 is 1.67 bits per heavy atom. The van der Waals surface area contributed by atoms with Gasteiger partial charge in [-0.1, -0.05) is 31.2 Å². The number of aryl methyl sites for hydroxylation is 1. The van der Waals surface area contributed by atoms with Gasteiger partial charge in [0.15, 0.2) is 5.92 Å². The van der Waals surface area contributed by atoms with Gasteiger partial charge in [-0.15, -0.1) is 0 Å². The number of halogens is 6. The van der Waals surface area contributed by atoms with E-state index in [9.17, 15) is 26.3 Å². The molecule has 7 heteroatoms. The van der Waals surface area contributed by atoms with Crippen molar-refractivity contribution in [2.45, 2.75) is 38.2 Å². The summed E-state index contributed by atoms with van der Waals surface area (Å²) in [5, 5.41) is 2.15. The van der Waals surface area contributed by atoms with Gasteiger partial charge in [0.25, 0.3) is 0 Å². The molecule has 1 unspecified atom stereocenters. The summed E-state index contributed by atoms with van der Waals surface area (Å²) in [5.74, 6) is -3.39. The van der Waals surface area contributed by atoms with Crippen LogP contribution >= 0.6 is 0 Å². The van der Waals surface area contributed by atoms with Crippen LogP contribution in [0.1, 0.15) is 18.1 Å². The minimum Gasteiger partial charge on any atom is -0.316 e. The number of alkyl halides is 6. The van der Waals surface area contributed by atoms with E-state index in [0.717, 1.165) is 19.0 Å². The van der Waals surface area contributed by atoms with Gasteiger partial charge in [0.1, 0.15) is 0 Å². The van der Waals surface area contributed by atoms with Crippen LogP contribution in [0.4, 0.5) is 26.3 Å². The fraction of sp³-hybridized carbons (Fsp3) is 0.571. The molecule has 0 spiro atoms. The highest BCUT2D eigenvalue weighted by Crippen LogP contribution is 2.42. The zero-order chi connectivity index (χ0) is 16.3. The summed E-state index contributed by atoms with van der Waals surface area (Å²) in [6, 6.07) is 4.79. The highest BCUT2D eigenvalue weighted by atomic mass is 19.4. The van der Waals surface area contributed by atoms with E-state index in [0.29, 0.717) is 5.56 Å². The molecule has 0 aliphatic heterocycles. The number of hydrogen-bond donors (Lipinski definition) is 1. The molecule has 21 heavy (non-hydrogen) atoms. The van der Waals surface area contributed by atoms with E-state index < -0.39 is 24.3 Å². The molecule has 1 nitrogen and oxygen atoms in total. The van der Waals surface area contributed by atoms with Crippen molar-refractivity contribution in [1.29, 1.82) is 0 Å². The number of rotatable bonds is 5. The Kier molecular flexibility index (Phi) is 5.67. The topological polar surface area (TPSA) is 12.0 Å². The molecule has 1 atom stereocenters. The maximum absolute atomic E-state index is 12.7. The second kappa shape index (κ2) is 6.68. The molecular weight excluding hydrogens is 296 g/mol. The lowest BCUT2D eigenvalue weighted by Crippen LogP contribution is -2.51. The molecule has 120 valence electrons. The van der Waals surface area contributed by atoms with Gasteiger partial charge < -0.3 is 5.32 Å². The SMILES string of the molecule is CCc1ccc(CC(NC)C(C(F)(F)F)C(F)(F)F)cc1. The Hall–Kier alpha value is -1.24. The Morgan fingerprint density at radius 1 is 0.905 bits per heavy atom. The molecular formula is C14H17F6N. The zero-order valence-electron chi connectivity index (χ0n) is 11.6. The first-order valence-electron chi connectivity index (χ1n) is 6.48. The molecule has 0 aliphatic carbocycles. The predicted octanol–water partition coefficient (Wildman–Crippen LogP) is 4.12. The molecule has 1 aromatic rings. The van der Waals surface area contributed by atoms with Crippen molar-refractivity contribution < 1.29 is 26.3 Å². The zero-order valence-corrected chi connectivity index (χ0v) is 11.6. The number of hydrogen-bond acceptors (Lipinski definition) is 1. The minimum absolute atomic E-state index is 0.343. The molecule has 0 saturated carbocycles. The molecule has 0 fully saturated rings. The van der Waals surface area contributed by atoms with Gasteiger partial charge in [-0.2, -0.15) is 26.3 Å². The van der Waals surface area contributed by atoms with Crippen molar-refractivity contribution in [2.24, 2.45) is 5.92 Å². The second-order valence-corrected chi connectivity index (χ2v) is 4.83. The standard InChI is InChI=1S/C14H17F6N/c1-3-9-4-6-10(7-5-9)8-11(21-2)12(13(15,16)17)14(18,19)20/h4-7,11-12,21H,3,8H2,1-2H3. The van der Waals surface area contributed by atoms with Crippen LogP contribution in [0.3, 0.4) is 0 Å². The summed E-state index contributed by atoms with van der Waals surface area (Å²) in [6.45, 7) is 1.91. The maximum atomic E-state index is 12.7. The van der Waals surface area contributed by atoms with Crippen molar-refractivity contribution >= 4 is 0 Å². The highest BCUT2D eigenvalue weighted by molar-refractivity contribution is 5.23. The van der Waals surface area contributed by atoms with E-state index in [-0.39, 0.29) is 6.42 Å². The van der Waals surface area contributed by atoms with E-state index in [4.69, 9.17) is 0 Å². The van der Waals surface area contributed by atoms with E-state index in [1.54, 1.807) is 24.3 Å². The summed E-state index contributed by atoms with van der Waals surface area (Å²) in [4.78, 5) is 0. The van der Waals surface area contributed by atoms with Gasteiger partial charge in [-0.05, 0) is 31.0 Å². The summed E-state index contributed by atoms with van der Waals surface area (Å²) >= 11 is 0. The Labute approximate surface area is 119 Å². The predicted molar refractivity (Wildman–Crippen MR) is 68.0 cm³/mol. The molecule has 0 heterocycles. The van der Waals surface area contributed by atoms with Crippen LogP contribution < -0.4 is 5.32 Å². The quantitative estimate of drug-likeness (QED) is 0.806. The van der Waals surface area contributed by atoms with Gasteiger partial charge in [0, 0.05) is 6.04 Å². The minimum atomic E-state index is -5.34. The van der Waals surface area contributed by atoms with Gasteiger partial charge in [0.2, 0.25) is 0 Å². The normalized spacial score (nSPS) is 14.5. The van der Waals surface area contributed by atoms with Crippen LogP contribution in [0.2, 0.25) is 0 Å². The third-order valence-corrected chi connectivity index (χ3v) is 3.37. The summed E-state index contributed by atoms with van der Waals surface area (Å²) < 4.78 is 76.3. The monoisotopic (exact) mass is 313 g/mol. The number of likely N-dealkylation sites (N-methyl/N-ethyl adjacent to an activating group) is 1.